The van der Waals surface area contributed by atoms with Crippen LogP contribution in [0.1, 0.15) is 18.9 Å². The van der Waals surface area contributed by atoms with Crippen molar-refractivity contribution in [3.8, 4) is 23.0 Å². The van der Waals surface area contributed by atoms with E-state index in [4.69, 9.17) is 16.3 Å². The lowest BCUT2D eigenvalue weighted by atomic mass is 10.2. The van der Waals surface area contributed by atoms with Gasteiger partial charge in [-0.15, -0.1) is 0 Å². The van der Waals surface area contributed by atoms with Crippen LogP contribution in [-0.2, 0) is 17.1 Å². The molecule has 0 radical (unpaired) electrons. The largest absolute Gasteiger partial charge is 0.437 e. The van der Waals surface area contributed by atoms with E-state index in [-0.39, 0.29) is 28.8 Å². The van der Waals surface area contributed by atoms with Crippen molar-refractivity contribution < 1.29 is 13.2 Å². The van der Waals surface area contributed by atoms with Gasteiger partial charge < -0.3 is 9.30 Å². The SMILES string of the molecule is CCCS(=O)(=O)Nc1cc(Oc2c(C)cccc2Cl)nc(-c2ccc(=O)n(C)c2)n1. The van der Waals surface area contributed by atoms with Crippen molar-refractivity contribution in [1.29, 1.82) is 0 Å². The standard InChI is InChI=1S/C20H21ClN4O4S/c1-4-10-30(27,28)24-16-11-17(29-19-13(2)6-5-7-15(19)21)23-20(22-16)14-8-9-18(26)25(3)12-14/h5-9,11-12H,4,10H2,1-3H3,(H,22,23,24). The normalized spacial score (nSPS) is 11.3. The third-order valence-corrected chi connectivity index (χ3v) is 5.91. The van der Waals surface area contributed by atoms with E-state index in [9.17, 15) is 13.2 Å². The number of hydrogen-bond acceptors (Lipinski definition) is 6. The van der Waals surface area contributed by atoms with Gasteiger partial charge in [0, 0.05) is 30.9 Å². The van der Waals surface area contributed by atoms with Gasteiger partial charge in [0.15, 0.2) is 11.6 Å². The predicted octanol–water partition coefficient (Wildman–Crippen LogP) is 3.75. The molecule has 10 heteroatoms. The van der Waals surface area contributed by atoms with Gasteiger partial charge in [0.05, 0.1) is 10.8 Å². The maximum atomic E-state index is 12.2. The molecule has 8 nitrogen and oxygen atoms in total. The Bertz CT molecular complexity index is 1220. The number of pyridine rings is 1. The Morgan fingerprint density at radius 1 is 1.20 bits per heavy atom. The summed E-state index contributed by atoms with van der Waals surface area (Å²) < 4.78 is 34.2. The van der Waals surface area contributed by atoms with Crippen molar-refractivity contribution >= 4 is 27.4 Å². The Labute approximate surface area is 179 Å². The monoisotopic (exact) mass is 448 g/mol. The number of sulfonamides is 1. The van der Waals surface area contributed by atoms with Gasteiger partial charge >= 0.3 is 0 Å². The van der Waals surface area contributed by atoms with E-state index in [1.54, 1.807) is 38.4 Å². The van der Waals surface area contributed by atoms with Gasteiger partial charge in [-0.3, -0.25) is 9.52 Å². The van der Waals surface area contributed by atoms with Crippen LogP contribution in [0.5, 0.6) is 11.6 Å². The summed E-state index contributed by atoms with van der Waals surface area (Å²) in [6, 6.07) is 9.65. The number of aryl methyl sites for hydroxylation is 2. The number of aromatic nitrogens is 3. The molecule has 3 rings (SSSR count). The molecule has 0 amide bonds. The minimum absolute atomic E-state index is 0.0496. The van der Waals surface area contributed by atoms with Crippen molar-refractivity contribution in [3.63, 3.8) is 0 Å². The lowest BCUT2D eigenvalue weighted by Gasteiger charge is -2.13. The average Bonchev–Trinajstić information content (AvgIpc) is 2.66. The third-order valence-electron chi connectivity index (χ3n) is 4.15. The summed E-state index contributed by atoms with van der Waals surface area (Å²) in [5.41, 5.74) is 1.12. The molecule has 0 aliphatic rings. The topological polar surface area (TPSA) is 103 Å². The molecular weight excluding hydrogens is 428 g/mol. The lowest BCUT2D eigenvalue weighted by molar-refractivity contribution is 0.459. The molecule has 0 fully saturated rings. The Kier molecular flexibility index (Phi) is 6.42. The molecule has 0 saturated carbocycles. The second kappa shape index (κ2) is 8.85. The average molecular weight is 449 g/mol. The number of nitrogens with zero attached hydrogens (tertiary/aromatic N) is 3. The van der Waals surface area contributed by atoms with Crippen LogP contribution in [0.25, 0.3) is 11.4 Å². The summed E-state index contributed by atoms with van der Waals surface area (Å²) in [5, 5.41) is 0.394. The maximum absolute atomic E-state index is 12.2. The zero-order chi connectivity index (χ0) is 21.9. The second-order valence-corrected chi connectivity index (χ2v) is 8.94. The van der Waals surface area contributed by atoms with Gasteiger partial charge in [0.25, 0.3) is 0 Å². The van der Waals surface area contributed by atoms with Crippen LogP contribution in [0, 0.1) is 6.92 Å². The summed E-state index contributed by atoms with van der Waals surface area (Å²) in [7, 11) is -1.98. The van der Waals surface area contributed by atoms with E-state index >= 15 is 0 Å². The summed E-state index contributed by atoms with van der Waals surface area (Å²) in [5.74, 6) is 0.723. The Balaban J connectivity index is 2.10. The first-order valence-corrected chi connectivity index (χ1v) is 11.2. The fraction of sp³-hybridized carbons (Fsp3) is 0.250. The van der Waals surface area contributed by atoms with Crippen molar-refractivity contribution in [1.82, 2.24) is 14.5 Å². The zero-order valence-electron chi connectivity index (χ0n) is 16.7. The first kappa shape index (κ1) is 21.8. The first-order chi connectivity index (χ1) is 14.2. The number of benzene rings is 1. The molecule has 0 atom stereocenters. The molecule has 1 aromatic carbocycles. The molecule has 30 heavy (non-hydrogen) atoms. The number of rotatable bonds is 7. The fourth-order valence-electron chi connectivity index (χ4n) is 2.71. The highest BCUT2D eigenvalue weighted by atomic mass is 35.5. The van der Waals surface area contributed by atoms with E-state index in [2.05, 4.69) is 14.7 Å². The highest BCUT2D eigenvalue weighted by Crippen LogP contribution is 2.33. The van der Waals surface area contributed by atoms with Crippen LogP contribution in [-0.4, -0.2) is 28.7 Å². The van der Waals surface area contributed by atoms with Gasteiger partial charge in [-0.05, 0) is 31.0 Å². The molecule has 2 heterocycles. The molecule has 0 bridgehead atoms. The number of halogens is 1. The zero-order valence-corrected chi connectivity index (χ0v) is 18.3. The van der Waals surface area contributed by atoms with Crippen LogP contribution in [0.15, 0.2) is 47.4 Å². The van der Waals surface area contributed by atoms with E-state index < -0.39 is 10.0 Å². The highest BCUT2D eigenvalue weighted by Gasteiger charge is 2.16. The van der Waals surface area contributed by atoms with E-state index in [0.717, 1.165) is 5.56 Å². The molecule has 2 aromatic heterocycles. The molecule has 0 unspecified atom stereocenters. The van der Waals surface area contributed by atoms with Crippen LogP contribution in [0.4, 0.5) is 5.82 Å². The van der Waals surface area contributed by atoms with Crippen LogP contribution < -0.4 is 15.0 Å². The van der Waals surface area contributed by atoms with Gasteiger partial charge in [0.1, 0.15) is 5.82 Å². The fourth-order valence-corrected chi connectivity index (χ4v) is 4.04. The number of ether oxygens (including phenoxy) is 1. The molecule has 1 N–H and O–H groups in total. The summed E-state index contributed by atoms with van der Waals surface area (Å²) >= 11 is 6.24. The number of hydrogen-bond donors (Lipinski definition) is 1. The highest BCUT2D eigenvalue weighted by molar-refractivity contribution is 7.92. The van der Waals surface area contributed by atoms with Crippen LogP contribution in [0.3, 0.4) is 0 Å². The van der Waals surface area contributed by atoms with Crippen molar-refractivity contribution in [2.45, 2.75) is 20.3 Å². The summed E-state index contributed by atoms with van der Waals surface area (Å²) in [6.45, 7) is 3.60. The minimum Gasteiger partial charge on any atom is -0.437 e. The molecule has 3 aromatic rings. The van der Waals surface area contributed by atoms with Crippen molar-refractivity contribution in [3.05, 3.63) is 63.5 Å². The third kappa shape index (κ3) is 5.17. The van der Waals surface area contributed by atoms with Gasteiger partial charge in [-0.25, -0.2) is 13.4 Å². The quantitative estimate of drug-likeness (QED) is 0.590. The van der Waals surface area contributed by atoms with Crippen LogP contribution in [0.2, 0.25) is 5.02 Å². The van der Waals surface area contributed by atoms with Crippen LogP contribution >= 0.6 is 11.6 Å². The molecule has 0 saturated heterocycles. The second-order valence-electron chi connectivity index (χ2n) is 6.69. The Hall–Kier alpha value is -2.91. The Morgan fingerprint density at radius 2 is 1.97 bits per heavy atom. The minimum atomic E-state index is -3.58. The van der Waals surface area contributed by atoms with Crippen molar-refractivity contribution in [2.24, 2.45) is 7.05 Å². The molecular formula is C20H21ClN4O4S. The number of para-hydroxylation sites is 1. The van der Waals surface area contributed by atoms with Gasteiger partial charge in [-0.1, -0.05) is 30.7 Å². The van der Waals surface area contributed by atoms with E-state index in [1.165, 1.54) is 16.7 Å². The number of anilines is 1. The molecule has 158 valence electrons. The van der Waals surface area contributed by atoms with E-state index in [0.29, 0.717) is 22.8 Å². The lowest BCUT2D eigenvalue weighted by Crippen LogP contribution is -2.18. The van der Waals surface area contributed by atoms with Gasteiger partial charge in [0.2, 0.25) is 21.5 Å². The maximum Gasteiger partial charge on any atom is 0.250 e. The first-order valence-electron chi connectivity index (χ1n) is 9.18. The van der Waals surface area contributed by atoms with Crippen molar-refractivity contribution in [2.75, 3.05) is 10.5 Å². The van der Waals surface area contributed by atoms with Gasteiger partial charge in [-0.2, -0.15) is 4.98 Å². The molecule has 0 aliphatic carbocycles. The predicted molar refractivity (Wildman–Crippen MR) is 117 cm³/mol. The smallest absolute Gasteiger partial charge is 0.250 e. The van der Waals surface area contributed by atoms with E-state index in [1.807, 2.05) is 13.0 Å². The summed E-state index contributed by atoms with van der Waals surface area (Å²) in [6.07, 6.45) is 2.02. The Morgan fingerprint density at radius 3 is 2.63 bits per heavy atom. The molecule has 0 aliphatic heterocycles. The summed E-state index contributed by atoms with van der Waals surface area (Å²) in [4.78, 5) is 20.4. The molecule has 0 spiro atoms. The number of nitrogens with one attached hydrogen (secondary N) is 1.